The summed E-state index contributed by atoms with van der Waals surface area (Å²) in [5.74, 6) is 0.0957. The van der Waals surface area contributed by atoms with Gasteiger partial charge in [0.2, 0.25) is 5.91 Å². The topological polar surface area (TPSA) is 50.4 Å². The third-order valence-corrected chi connectivity index (χ3v) is 4.39. The molecule has 21 heavy (non-hydrogen) atoms. The maximum atomic E-state index is 12.2. The van der Waals surface area contributed by atoms with E-state index in [9.17, 15) is 4.79 Å². The maximum absolute atomic E-state index is 12.2. The summed E-state index contributed by atoms with van der Waals surface area (Å²) in [5, 5.41) is 6.47. The first-order valence-corrected chi connectivity index (χ1v) is 7.66. The molecule has 1 aromatic rings. The molecule has 1 aromatic carbocycles. The quantitative estimate of drug-likeness (QED) is 0.838. The summed E-state index contributed by atoms with van der Waals surface area (Å²) < 4.78 is 5.38. The van der Waals surface area contributed by atoms with Gasteiger partial charge in [0.25, 0.3) is 0 Å². The Bertz CT molecular complexity index is 462. The Balaban J connectivity index is 1.88. The Morgan fingerprint density at radius 1 is 1.33 bits per heavy atom. The number of carbonyl (C=O) groups excluding carboxylic acids is 1. The number of hydrogen-bond donors (Lipinski definition) is 2. The van der Waals surface area contributed by atoms with E-state index in [0.717, 1.165) is 31.5 Å². The number of nitrogens with one attached hydrogen (secondary N) is 2. The lowest BCUT2D eigenvalue weighted by Crippen LogP contribution is -2.47. The van der Waals surface area contributed by atoms with E-state index in [1.54, 1.807) is 7.11 Å². The van der Waals surface area contributed by atoms with Crippen molar-refractivity contribution in [1.82, 2.24) is 10.6 Å². The van der Waals surface area contributed by atoms with Crippen LogP contribution in [0.1, 0.15) is 24.0 Å². The van der Waals surface area contributed by atoms with Gasteiger partial charge in [-0.2, -0.15) is 0 Å². The summed E-state index contributed by atoms with van der Waals surface area (Å²) in [5.41, 5.74) is 2.35. The first kappa shape index (κ1) is 16.0. The minimum absolute atomic E-state index is 0.0847. The van der Waals surface area contributed by atoms with Gasteiger partial charge in [-0.05, 0) is 44.0 Å². The molecule has 1 aliphatic rings. The number of carbonyl (C=O) groups is 1. The third kappa shape index (κ3) is 4.55. The van der Waals surface area contributed by atoms with E-state index in [-0.39, 0.29) is 11.3 Å². The lowest BCUT2D eigenvalue weighted by molar-refractivity contribution is -0.121. The summed E-state index contributed by atoms with van der Waals surface area (Å²) in [6.45, 7) is 5.45. The fraction of sp³-hybridized carbons (Fsp3) is 0.588. The van der Waals surface area contributed by atoms with Crippen molar-refractivity contribution in [2.45, 2.75) is 26.2 Å². The second kappa shape index (κ2) is 7.57. The zero-order valence-electron chi connectivity index (χ0n) is 13.1. The van der Waals surface area contributed by atoms with Crippen molar-refractivity contribution in [3.63, 3.8) is 0 Å². The summed E-state index contributed by atoms with van der Waals surface area (Å²) in [6, 6.07) is 8.04. The first-order valence-electron chi connectivity index (χ1n) is 7.66. The number of rotatable bonds is 6. The Hall–Kier alpha value is -1.39. The van der Waals surface area contributed by atoms with Crippen LogP contribution in [-0.2, 0) is 16.0 Å². The van der Waals surface area contributed by atoms with Crippen molar-refractivity contribution >= 4 is 5.91 Å². The molecule has 0 bridgehead atoms. The van der Waals surface area contributed by atoms with Crippen LogP contribution in [-0.4, -0.2) is 39.3 Å². The molecular formula is C17H26N2O2. The lowest BCUT2D eigenvalue weighted by Gasteiger charge is -2.37. The molecule has 0 radical (unpaired) electrons. The van der Waals surface area contributed by atoms with Crippen LogP contribution in [0.2, 0.25) is 0 Å². The van der Waals surface area contributed by atoms with Crippen molar-refractivity contribution in [1.29, 1.82) is 0 Å². The Labute approximate surface area is 127 Å². The first-order chi connectivity index (χ1) is 10.2. The highest BCUT2D eigenvalue weighted by atomic mass is 16.5. The van der Waals surface area contributed by atoms with Gasteiger partial charge in [0.05, 0.1) is 13.0 Å². The van der Waals surface area contributed by atoms with Crippen LogP contribution in [0.25, 0.3) is 0 Å². The second-order valence-electron chi connectivity index (χ2n) is 6.06. The molecule has 1 aliphatic heterocycles. The van der Waals surface area contributed by atoms with Gasteiger partial charge in [-0.25, -0.2) is 0 Å². The van der Waals surface area contributed by atoms with Crippen molar-refractivity contribution < 1.29 is 9.53 Å². The third-order valence-electron chi connectivity index (χ3n) is 4.39. The molecule has 0 saturated carbocycles. The zero-order chi connectivity index (χ0) is 15.1. The number of aryl methyl sites for hydroxylation is 1. The van der Waals surface area contributed by atoms with E-state index in [4.69, 9.17) is 4.74 Å². The van der Waals surface area contributed by atoms with Crippen LogP contribution in [0.15, 0.2) is 24.3 Å². The average Bonchev–Trinajstić information content (AvgIpc) is 2.49. The number of methoxy groups -OCH3 is 1. The van der Waals surface area contributed by atoms with Gasteiger partial charge in [-0.1, -0.05) is 24.3 Å². The number of piperidine rings is 1. The van der Waals surface area contributed by atoms with E-state index < -0.39 is 0 Å². The van der Waals surface area contributed by atoms with E-state index >= 15 is 0 Å². The Morgan fingerprint density at radius 2 is 2.05 bits per heavy atom. The van der Waals surface area contributed by atoms with Crippen molar-refractivity contribution in [2.24, 2.45) is 5.41 Å². The van der Waals surface area contributed by atoms with Crippen LogP contribution in [0.4, 0.5) is 0 Å². The van der Waals surface area contributed by atoms with Crippen molar-refractivity contribution in [3.8, 4) is 0 Å². The summed E-state index contributed by atoms with van der Waals surface area (Å²) in [7, 11) is 1.74. The molecule has 4 heteroatoms. The fourth-order valence-corrected chi connectivity index (χ4v) is 2.97. The van der Waals surface area contributed by atoms with Crippen LogP contribution >= 0.6 is 0 Å². The smallest absolute Gasteiger partial charge is 0.224 e. The van der Waals surface area contributed by atoms with Crippen molar-refractivity contribution in [3.05, 3.63) is 35.4 Å². The van der Waals surface area contributed by atoms with Crippen molar-refractivity contribution in [2.75, 3.05) is 33.4 Å². The SMILES string of the molecule is COCC1(CNC(=O)Cc2ccccc2C)CCNCC1. The highest BCUT2D eigenvalue weighted by Gasteiger charge is 2.32. The predicted octanol–water partition coefficient (Wildman–Crippen LogP) is 1.67. The number of benzene rings is 1. The fourth-order valence-electron chi connectivity index (χ4n) is 2.97. The van der Waals surface area contributed by atoms with E-state index in [0.29, 0.717) is 19.6 Å². The van der Waals surface area contributed by atoms with Crippen LogP contribution in [0.3, 0.4) is 0 Å². The molecule has 1 heterocycles. The maximum Gasteiger partial charge on any atom is 0.224 e. The summed E-state index contributed by atoms with van der Waals surface area (Å²) >= 11 is 0. The van der Waals surface area contributed by atoms with Crippen LogP contribution in [0, 0.1) is 12.3 Å². The minimum atomic E-state index is 0.0847. The van der Waals surface area contributed by atoms with E-state index in [1.807, 2.05) is 31.2 Å². The molecule has 4 nitrogen and oxygen atoms in total. The van der Waals surface area contributed by atoms with E-state index in [2.05, 4.69) is 10.6 Å². The van der Waals surface area contributed by atoms with E-state index in [1.165, 1.54) is 5.56 Å². The monoisotopic (exact) mass is 290 g/mol. The average molecular weight is 290 g/mol. The Morgan fingerprint density at radius 3 is 2.71 bits per heavy atom. The van der Waals surface area contributed by atoms with Gasteiger partial charge in [0.1, 0.15) is 0 Å². The molecule has 0 unspecified atom stereocenters. The van der Waals surface area contributed by atoms with Gasteiger partial charge in [-0.15, -0.1) is 0 Å². The normalized spacial score (nSPS) is 17.4. The molecule has 1 fully saturated rings. The molecule has 2 N–H and O–H groups in total. The van der Waals surface area contributed by atoms with Crippen LogP contribution < -0.4 is 10.6 Å². The van der Waals surface area contributed by atoms with Gasteiger partial charge >= 0.3 is 0 Å². The van der Waals surface area contributed by atoms with Gasteiger partial charge < -0.3 is 15.4 Å². The number of ether oxygens (including phenoxy) is 1. The highest BCUT2D eigenvalue weighted by Crippen LogP contribution is 2.28. The predicted molar refractivity (Wildman–Crippen MR) is 84.3 cm³/mol. The molecule has 1 saturated heterocycles. The minimum Gasteiger partial charge on any atom is -0.384 e. The molecule has 1 amide bonds. The lowest BCUT2D eigenvalue weighted by atomic mass is 9.79. The summed E-state index contributed by atoms with van der Waals surface area (Å²) in [6.07, 6.45) is 2.55. The number of hydrogen-bond acceptors (Lipinski definition) is 3. The zero-order valence-corrected chi connectivity index (χ0v) is 13.1. The van der Waals surface area contributed by atoms with Gasteiger partial charge in [0.15, 0.2) is 0 Å². The molecule has 0 atom stereocenters. The molecule has 0 spiro atoms. The molecule has 0 aliphatic carbocycles. The molecule has 2 rings (SSSR count). The summed E-state index contributed by atoms with van der Waals surface area (Å²) in [4.78, 5) is 12.2. The van der Waals surface area contributed by atoms with Gasteiger partial charge in [-0.3, -0.25) is 4.79 Å². The largest absolute Gasteiger partial charge is 0.384 e. The van der Waals surface area contributed by atoms with Crippen LogP contribution in [0.5, 0.6) is 0 Å². The standard InChI is InChI=1S/C17H26N2O2/c1-14-5-3-4-6-15(14)11-16(20)19-12-17(13-21-2)7-9-18-10-8-17/h3-6,18H,7-13H2,1-2H3,(H,19,20). The second-order valence-corrected chi connectivity index (χ2v) is 6.06. The molecule has 0 aromatic heterocycles. The van der Waals surface area contributed by atoms with Gasteiger partial charge in [0, 0.05) is 19.1 Å². The Kier molecular flexibility index (Phi) is 5.76. The number of amides is 1. The highest BCUT2D eigenvalue weighted by molar-refractivity contribution is 5.78. The molecule has 116 valence electrons. The molecular weight excluding hydrogens is 264 g/mol.